The summed E-state index contributed by atoms with van der Waals surface area (Å²) < 4.78 is 6.26. The highest BCUT2D eigenvalue weighted by molar-refractivity contribution is 7.15. The van der Waals surface area contributed by atoms with Crippen LogP contribution in [0.5, 0.6) is 0 Å². The van der Waals surface area contributed by atoms with Gasteiger partial charge in [0, 0.05) is 13.1 Å². The van der Waals surface area contributed by atoms with Gasteiger partial charge >= 0.3 is 0 Å². The summed E-state index contributed by atoms with van der Waals surface area (Å²) in [5.74, 6) is 0.802. The number of hydrogen-bond acceptors (Lipinski definition) is 8. The van der Waals surface area contributed by atoms with Crippen LogP contribution in [0.15, 0.2) is 0 Å². The van der Waals surface area contributed by atoms with E-state index in [0.717, 1.165) is 48.7 Å². The molecule has 0 aromatic carbocycles. The van der Waals surface area contributed by atoms with Gasteiger partial charge in [-0.15, -0.1) is 10.2 Å². The first kappa shape index (κ1) is 16.9. The lowest BCUT2D eigenvalue weighted by molar-refractivity contribution is -0.194. The van der Waals surface area contributed by atoms with Gasteiger partial charge < -0.3 is 9.64 Å². The first-order valence-corrected chi connectivity index (χ1v) is 10.3. The Labute approximate surface area is 157 Å². The molecule has 4 heterocycles. The third-order valence-corrected chi connectivity index (χ3v) is 6.60. The molecule has 0 N–H and O–H groups in total. The van der Waals surface area contributed by atoms with Gasteiger partial charge in [-0.3, -0.25) is 14.5 Å². The zero-order chi connectivity index (χ0) is 17.7. The maximum absolute atomic E-state index is 12.9. The van der Waals surface area contributed by atoms with Gasteiger partial charge in [0.1, 0.15) is 16.7 Å². The summed E-state index contributed by atoms with van der Waals surface area (Å²) in [7, 11) is 0. The third kappa shape index (κ3) is 3.11. The van der Waals surface area contributed by atoms with Crippen molar-refractivity contribution in [3.8, 4) is 0 Å². The minimum absolute atomic E-state index is 0.0638. The molecule has 1 atom stereocenters. The molecule has 1 unspecified atom stereocenters. The standard InChI is InChI=1S/C17H25N5O3S/c1-12-18-19-16(26-12)21-10-17(11-21)9-20(7-13-3-4-13)14(8-24-17)15(23)22-5-2-6-25-22/h13-14H,2-11H2,1H3. The van der Waals surface area contributed by atoms with Crippen molar-refractivity contribution in [1.82, 2.24) is 20.2 Å². The van der Waals surface area contributed by atoms with Crippen molar-refractivity contribution in [1.29, 1.82) is 0 Å². The van der Waals surface area contributed by atoms with E-state index in [0.29, 0.717) is 19.8 Å². The number of morpholine rings is 1. The molecule has 3 saturated heterocycles. The Morgan fingerprint density at radius 3 is 2.81 bits per heavy atom. The first-order valence-electron chi connectivity index (χ1n) is 9.49. The number of nitrogens with zero attached hydrogens (tertiary/aromatic N) is 5. The minimum atomic E-state index is -0.211. The molecule has 142 valence electrons. The predicted molar refractivity (Wildman–Crippen MR) is 95.9 cm³/mol. The lowest BCUT2D eigenvalue weighted by atomic mass is 9.90. The zero-order valence-corrected chi connectivity index (χ0v) is 15.9. The van der Waals surface area contributed by atoms with E-state index in [4.69, 9.17) is 9.57 Å². The number of carbonyl (C=O) groups is 1. The van der Waals surface area contributed by atoms with E-state index in [2.05, 4.69) is 20.0 Å². The van der Waals surface area contributed by atoms with Crippen molar-refractivity contribution in [3.63, 3.8) is 0 Å². The number of aryl methyl sites for hydroxylation is 1. The Kier molecular flexibility index (Phi) is 4.15. The van der Waals surface area contributed by atoms with Gasteiger partial charge in [0.2, 0.25) is 5.13 Å². The monoisotopic (exact) mass is 379 g/mol. The van der Waals surface area contributed by atoms with Crippen LogP contribution in [-0.4, -0.2) is 83.6 Å². The van der Waals surface area contributed by atoms with E-state index < -0.39 is 0 Å². The Bertz CT molecular complexity index is 682. The Balaban J connectivity index is 1.26. The normalized spacial score (nSPS) is 28.6. The topological polar surface area (TPSA) is 71.0 Å². The van der Waals surface area contributed by atoms with Crippen LogP contribution in [0.1, 0.15) is 24.3 Å². The van der Waals surface area contributed by atoms with Crippen molar-refractivity contribution >= 4 is 22.4 Å². The molecule has 3 aliphatic heterocycles. The third-order valence-electron chi connectivity index (χ3n) is 5.70. The number of anilines is 1. The Morgan fingerprint density at radius 1 is 1.31 bits per heavy atom. The maximum atomic E-state index is 12.9. The lowest BCUT2D eigenvalue weighted by Gasteiger charge is -2.55. The SMILES string of the molecule is Cc1nnc(N2CC3(C2)CN(CC2CC2)C(C(=O)N2CCCO2)CO3)s1. The molecule has 26 heavy (non-hydrogen) atoms. The number of amides is 1. The van der Waals surface area contributed by atoms with Gasteiger partial charge in [-0.05, 0) is 32.1 Å². The molecule has 1 aliphatic carbocycles. The van der Waals surface area contributed by atoms with Crippen molar-refractivity contribution in [2.24, 2.45) is 5.92 Å². The molecule has 1 aromatic heterocycles. The van der Waals surface area contributed by atoms with Crippen LogP contribution in [0, 0.1) is 12.8 Å². The second kappa shape index (κ2) is 6.40. The van der Waals surface area contributed by atoms with Crippen molar-refractivity contribution in [3.05, 3.63) is 5.01 Å². The molecule has 8 nitrogen and oxygen atoms in total. The predicted octanol–water partition coefficient (Wildman–Crippen LogP) is 0.680. The number of rotatable bonds is 4. The van der Waals surface area contributed by atoms with E-state index in [1.54, 1.807) is 16.4 Å². The summed E-state index contributed by atoms with van der Waals surface area (Å²) in [6, 6.07) is -0.211. The largest absolute Gasteiger partial charge is 0.368 e. The minimum Gasteiger partial charge on any atom is -0.368 e. The summed E-state index contributed by atoms with van der Waals surface area (Å²) >= 11 is 1.62. The fraction of sp³-hybridized carbons (Fsp3) is 0.824. The van der Waals surface area contributed by atoms with Gasteiger partial charge in [0.15, 0.2) is 0 Å². The van der Waals surface area contributed by atoms with Crippen LogP contribution >= 0.6 is 11.3 Å². The van der Waals surface area contributed by atoms with Crippen molar-refractivity contribution < 1.29 is 14.4 Å². The average Bonchev–Trinajstić information content (AvgIpc) is 3.09. The van der Waals surface area contributed by atoms with E-state index in [1.807, 2.05) is 6.92 Å². The molecule has 9 heteroatoms. The highest BCUT2D eigenvalue weighted by atomic mass is 32.1. The molecule has 1 amide bonds. The number of ether oxygens (including phenoxy) is 1. The van der Waals surface area contributed by atoms with Crippen LogP contribution in [0.2, 0.25) is 0 Å². The smallest absolute Gasteiger partial charge is 0.265 e. The fourth-order valence-electron chi connectivity index (χ4n) is 4.12. The van der Waals surface area contributed by atoms with Gasteiger partial charge in [0.25, 0.3) is 5.91 Å². The van der Waals surface area contributed by atoms with Gasteiger partial charge in [0.05, 0.1) is 32.8 Å². The Morgan fingerprint density at radius 2 is 2.15 bits per heavy atom. The first-order chi connectivity index (χ1) is 12.6. The summed E-state index contributed by atoms with van der Waals surface area (Å²) in [5.41, 5.74) is -0.183. The summed E-state index contributed by atoms with van der Waals surface area (Å²) in [4.78, 5) is 22.9. The highest BCUT2D eigenvalue weighted by Gasteiger charge is 2.52. The molecule has 1 aromatic rings. The van der Waals surface area contributed by atoms with Crippen LogP contribution in [0.3, 0.4) is 0 Å². The number of carbonyl (C=O) groups excluding carboxylic acids is 1. The quantitative estimate of drug-likeness (QED) is 0.762. The molecule has 4 fully saturated rings. The maximum Gasteiger partial charge on any atom is 0.265 e. The van der Waals surface area contributed by atoms with Crippen LogP contribution < -0.4 is 4.90 Å². The zero-order valence-electron chi connectivity index (χ0n) is 15.1. The number of hydrogen-bond donors (Lipinski definition) is 0. The molecule has 0 bridgehead atoms. The molecule has 4 aliphatic rings. The van der Waals surface area contributed by atoms with Crippen LogP contribution in [-0.2, 0) is 14.4 Å². The summed E-state index contributed by atoms with van der Waals surface area (Å²) in [6.07, 6.45) is 3.48. The number of aromatic nitrogens is 2. The Hall–Kier alpha value is -1.29. The van der Waals surface area contributed by atoms with Crippen molar-refractivity contribution in [2.75, 3.05) is 50.8 Å². The average molecular weight is 379 g/mol. The summed E-state index contributed by atoms with van der Waals surface area (Å²) in [5, 5.41) is 11.8. The van der Waals surface area contributed by atoms with Gasteiger partial charge in [-0.1, -0.05) is 11.3 Å². The lowest BCUT2D eigenvalue weighted by Crippen LogP contribution is -2.73. The van der Waals surface area contributed by atoms with E-state index in [-0.39, 0.29) is 17.6 Å². The van der Waals surface area contributed by atoms with Crippen molar-refractivity contribution in [2.45, 2.75) is 37.8 Å². The molecule has 5 rings (SSSR count). The number of hydroxylamine groups is 2. The van der Waals surface area contributed by atoms with E-state index >= 15 is 0 Å². The van der Waals surface area contributed by atoms with Gasteiger partial charge in [-0.25, -0.2) is 5.06 Å². The van der Waals surface area contributed by atoms with Crippen LogP contribution in [0.4, 0.5) is 5.13 Å². The van der Waals surface area contributed by atoms with Crippen LogP contribution in [0.25, 0.3) is 0 Å². The molecule has 1 saturated carbocycles. The highest BCUT2D eigenvalue weighted by Crippen LogP contribution is 2.38. The molecular weight excluding hydrogens is 354 g/mol. The fourth-order valence-corrected chi connectivity index (χ4v) is 4.80. The molecular formula is C17H25N5O3S. The summed E-state index contributed by atoms with van der Waals surface area (Å²) in [6.45, 7) is 7.21. The molecule has 0 radical (unpaired) electrons. The van der Waals surface area contributed by atoms with E-state index in [1.165, 1.54) is 12.8 Å². The van der Waals surface area contributed by atoms with Gasteiger partial charge in [-0.2, -0.15) is 0 Å². The second-order valence-electron chi connectivity index (χ2n) is 7.97. The van der Waals surface area contributed by atoms with E-state index in [9.17, 15) is 4.79 Å². The molecule has 1 spiro atoms. The second-order valence-corrected chi connectivity index (χ2v) is 9.13.